The number of thioether (sulfide) groups is 1. The van der Waals surface area contributed by atoms with E-state index in [0.717, 1.165) is 60.5 Å². The summed E-state index contributed by atoms with van der Waals surface area (Å²) in [6.07, 6.45) is 0. The molecule has 0 aliphatic carbocycles. The number of amides is 1. The van der Waals surface area contributed by atoms with Crippen molar-refractivity contribution in [3.05, 3.63) is 59.7 Å². The smallest absolute Gasteiger partial charge is 0.233 e. The van der Waals surface area contributed by atoms with Gasteiger partial charge in [-0.1, -0.05) is 48.2 Å². The largest absolute Gasteiger partial charge is 0.378 e. The van der Waals surface area contributed by atoms with Gasteiger partial charge in [-0.05, 0) is 37.1 Å². The Morgan fingerprint density at radius 1 is 1.09 bits per heavy atom. The maximum absolute atomic E-state index is 12.8. The molecule has 33 heavy (non-hydrogen) atoms. The van der Waals surface area contributed by atoms with Gasteiger partial charge in [-0.25, -0.2) is 0 Å². The molecule has 4 rings (SSSR count). The summed E-state index contributed by atoms with van der Waals surface area (Å²) in [4.78, 5) is 16.9. The molecule has 0 atom stereocenters. The maximum atomic E-state index is 12.8. The van der Waals surface area contributed by atoms with E-state index in [9.17, 15) is 4.79 Å². The van der Waals surface area contributed by atoms with Crippen LogP contribution in [0.15, 0.2) is 53.7 Å². The number of ether oxygens (including phenoxy) is 1. The summed E-state index contributed by atoms with van der Waals surface area (Å²) in [7, 11) is 1.85. The number of anilines is 1. The van der Waals surface area contributed by atoms with Gasteiger partial charge in [0.2, 0.25) is 5.91 Å². The van der Waals surface area contributed by atoms with Crippen LogP contribution in [0.25, 0.3) is 11.4 Å². The van der Waals surface area contributed by atoms with Crippen molar-refractivity contribution in [1.82, 2.24) is 19.7 Å². The van der Waals surface area contributed by atoms with Crippen LogP contribution in [0.3, 0.4) is 0 Å². The van der Waals surface area contributed by atoms with Crippen LogP contribution in [0.4, 0.5) is 5.69 Å². The van der Waals surface area contributed by atoms with Crippen molar-refractivity contribution < 1.29 is 9.53 Å². The van der Waals surface area contributed by atoms with E-state index in [-0.39, 0.29) is 5.91 Å². The molecule has 0 N–H and O–H groups in total. The van der Waals surface area contributed by atoms with Crippen molar-refractivity contribution >= 4 is 23.4 Å². The Labute approximate surface area is 199 Å². The highest BCUT2D eigenvalue weighted by Crippen LogP contribution is 2.26. The number of carbonyl (C=O) groups is 1. The summed E-state index contributed by atoms with van der Waals surface area (Å²) < 4.78 is 7.50. The minimum Gasteiger partial charge on any atom is -0.378 e. The first-order valence-corrected chi connectivity index (χ1v) is 12.3. The fraction of sp³-hybridized carbons (Fsp3) is 0.400. The van der Waals surface area contributed by atoms with Crippen LogP contribution in [-0.2, 0) is 22.6 Å². The van der Waals surface area contributed by atoms with E-state index >= 15 is 0 Å². The first-order chi connectivity index (χ1) is 16.1. The molecule has 0 saturated carbocycles. The summed E-state index contributed by atoms with van der Waals surface area (Å²) in [6.45, 7) is 8.86. The molecule has 1 aliphatic heterocycles. The normalized spacial score (nSPS) is 13.8. The van der Waals surface area contributed by atoms with Crippen molar-refractivity contribution in [3.63, 3.8) is 0 Å². The molecule has 2 aromatic carbocycles. The number of morpholine rings is 1. The second-order valence-corrected chi connectivity index (χ2v) is 9.11. The van der Waals surface area contributed by atoms with Gasteiger partial charge < -0.3 is 19.1 Å². The van der Waals surface area contributed by atoms with Gasteiger partial charge in [0.1, 0.15) is 0 Å². The zero-order valence-corrected chi connectivity index (χ0v) is 20.3. The zero-order valence-electron chi connectivity index (χ0n) is 19.5. The molecule has 1 fully saturated rings. The molecule has 0 spiro atoms. The standard InChI is InChI=1S/C25H31N5O2S/c1-4-30-24(22-8-6-5-7-19(22)2)26-27-25(30)33-18-23(31)28(3)17-20-9-11-21(12-10-20)29-13-15-32-16-14-29/h5-12H,4,13-18H2,1-3H3. The lowest BCUT2D eigenvalue weighted by atomic mass is 10.1. The molecule has 8 heteroatoms. The van der Waals surface area contributed by atoms with Crippen molar-refractivity contribution in [1.29, 1.82) is 0 Å². The van der Waals surface area contributed by atoms with Crippen molar-refractivity contribution in [2.75, 3.05) is 44.0 Å². The van der Waals surface area contributed by atoms with Crippen LogP contribution in [0.5, 0.6) is 0 Å². The maximum Gasteiger partial charge on any atom is 0.233 e. The van der Waals surface area contributed by atoms with E-state index in [1.165, 1.54) is 17.4 Å². The van der Waals surface area contributed by atoms with Gasteiger partial charge >= 0.3 is 0 Å². The number of carbonyl (C=O) groups excluding carboxylic acids is 1. The van der Waals surface area contributed by atoms with Gasteiger partial charge in [0.25, 0.3) is 0 Å². The predicted molar refractivity (Wildman–Crippen MR) is 133 cm³/mol. The Morgan fingerprint density at radius 2 is 1.82 bits per heavy atom. The third-order valence-corrected chi connectivity index (χ3v) is 6.85. The molecule has 1 amide bonds. The Bertz CT molecular complexity index is 1080. The lowest BCUT2D eigenvalue weighted by molar-refractivity contribution is -0.127. The second kappa shape index (κ2) is 10.9. The minimum atomic E-state index is 0.0698. The quantitative estimate of drug-likeness (QED) is 0.471. The summed E-state index contributed by atoms with van der Waals surface area (Å²) >= 11 is 1.44. The molecular weight excluding hydrogens is 434 g/mol. The average Bonchev–Trinajstić information content (AvgIpc) is 3.26. The van der Waals surface area contributed by atoms with Crippen LogP contribution in [0.1, 0.15) is 18.1 Å². The van der Waals surface area contributed by atoms with Gasteiger partial charge in [-0.15, -0.1) is 10.2 Å². The lowest BCUT2D eigenvalue weighted by Crippen LogP contribution is -2.36. The molecule has 0 unspecified atom stereocenters. The molecule has 1 aliphatic rings. The summed E-state index contributed by atoms with van der Waals surface area (Å²) in [6, 6.07) is 16.6. The van der Waals surface area contributed by atoms with Crippen LogP contribution in [-0.4, -0.2) is 64.7 Å². The minimum absolute atomic E-state index is 0.0698. The van der Waals surface area contributed by atoms with E-state index in [2.05, 4.69) is 69.9 Å². The van der Waals surface area contributed by atoms with Crippen LogP contribution in [0.2, 0.25) is 0 Å². The van der Waals surface area contributed by atoms with E-state index in [4.69, 9.17) is 4.74 Å². The molecule has 1 saturated heterocycles. The van der Waals surface area contributed by atoms with Crippen LogP contribution in [0, 0.1) is 6.92 Å². The van der Waals surface area contributed by atoms with Crippen molar-refractivity contribution in [2.45, 2.75) is 32.1 Å². The van der Waals surface area contributed by atoms with Gasteiger partial charge in [-0.2, -0.15) is 0 Å². The summed E-state index contributed by atoms with van der Waals surface area (Å²) in [5.41, 5.74) is 4.55. The molecule has 0 bridgehead atoms. The van der Waals surface area contributed by atoms with Gasteiger partial charge in [0.15, 0.2) is 11.0 Å². The monoisotopic (exact) mass is 465 g/mol. The molecule has 2 heterocycles. The molecule has 174 valence electrons. The number of hydrogen-bond acceptors (Lipinski definition) is 6. The number of aromatic nitrogens is 3. The fourth-order valence-corrected chi connectivity index (χ4v) is 4.88. The number of benzene rings is 2. The topological polar surface area (TPSA) is 63.5 Å². The first kappa shape index (κ1) is 23.3. The molecule has 1 aromatic heterocycles. The molecular formula is C25H31N5O2S. The Morgan fingerprint density at radius 3 is 2.52 bits per heavy atom. The number of hydrogen-bond donors (Lipinski definition) is 0. The van der Waals surface area contributed by atoms with Crippen LogP contribution >= 0.6 is 11.8 Å². The van der Waals surface area contributed by atoms with E-state index < -0.39 is 0 Å². The highest BCUT2D eigenvalue weighted by Gasteiger charge is 2.17. The second-order valence-electron chi connectivity index (χ2n) is 8.17. The Balaban J connectivity index is 1.34. The van der Waals surface area contributed by atoms with Gasteiger partial charge in [-0.3, -0.25) is 4.79 Å². The van der Waals surface area contributed by atoms with Gasteiger partial charge in [0.05, 0.1) is 19.0 Å². The van der Waals surface area contributed by atoms with Crippen molar-refractivity contribution in [2.24, 2.45) is 0 Å². The molecule has 0 radical (unpaired) electrons. The number of rotatable bonds is 8. The first-order valence-electron chi connectivity index (χ1n) is 11.3. The predicted octanol–water partition coefficient (Wildman–Crippen LogP) is 3.86. The highest BCUT2D eigenvalue weighted by molar-refractivity contribution is 7.99. The Kier molecular flexibility index (Phi) is 7.67. The van der Waals surface area contributed by atoms with Gasteiger partial charge in [0, 0.05) is 44.5 Å². The third-order valence-electron chi connectivity index (χ3n) is 5.90. The van der Waals surface area contributed by atoms with E-state index in [1.54, 1.807) is 4.90 Å². The molecule has 3 aromatic rings. The zero-order chi connectivity index (χ0) is 23.2. The average molecular weight is 466 g/mol. The summed E-state index contributed by atoms with van der Waals surface area (Å²) in [5, 5.41) is 9.55. The highest BCUT2D eigenvalue weighted by atomic mass is 32.2. The SMILES string of the molecule is CCn1c(SCC(=O)N(C)Cc2ccc(N3CCOCC3)cc2)nnc1-c1ccccc1C. The fourth-order valence-electron chi connectivity index (χ4n) is 3.94. The lowest BCUT2D eigenvalue weighted by Gasteiger charge is -2.29. The molecule has 7 nitrogen and oxygen atoms in total. The van der Waals surface area contributed by atoms with E-state index in [0.29, 0.717) is 12.3 Å². The summed E-state index contributed by atoms with van der Waals surface area (Å²) in [5.74, 6) is 1.24. The Hall–Kier alpha value is -2.84. The number of nitrogens with zero attached hydrogens (tertiary/aromatic N) is 5. The van der Waals surface area contributed by atoms with E-state index in [1.807, 2.05) is 19.2 Å². The van der Waals surface area contributed by atoms with Crippen LogP contribution < -0.4 is 4.90 Å². The van der Waals surface area contributed by atoms with Crippen molar-refractivity contribution in [3.8, 4) is 11.4 Å². The number of aryl methyl sites for hydroxylation is 1. The third kappa shape index (κ3) is 5.57.